The number of nitrogen functional groups attached to an aromatic ring is 1. The van der Waals surface area contributed by atoms with Crippen LogP contribution in [-0.4, -0.2) is 10.2 Å². The van der Waals surface area contributed by atoms with E-state index in [1.807, 2.05) is 0 Å². The van der Waals surface area contributed by atoms with E-state index >= 15 is 0 Å². The molecule has 0 aliphatic rings. The molecule has 2 N–H and O–H groups in total. The SMILES string of the molecule is C[C@H](Oc1ccc(Cl)cc1Cl)c1nnc(N)o1. The fraction of sp³-hybridized carbons (Fsp3) is 0.200. The highest BCUT2D eigenvalue weighted by Gasteiger charge is 2.16. The Hall–Kier alpha value is -1.46. The maximum atomic E-state index is 5.97. The normalized spacial score (nSPS) is 12.4. The van der Waals surface area contributed by atoms with E-state index in [-0.39, 0.29) is 11.9 Å². The molecule has 0 amide bonds. The average Bonchev–Trinajstić information content (AvgIpc) is 2.69. The summed E-state index contributed by atoms with van der Waals surface area (Å²) in [6, 6.07) is 4.93. The molecule has 0 fully saturated rings. The molecule has 0 radical (unpaired) electrons. The van der Waals surface area contributed by atoms with Gasteiger partial charge < -0.3 is 14.9 Å². The number of hydrogen-bond acceptors (Lipinski definition) is 5. The monoisotopic (exact) mass is 273 g/mol. The van der Waals surface area contributed by atoms with Gasteiger partial charge in [0.2, 0.25) is 0 Å². The van der Waals surface area contributed by atoms with Crippen LogP contribution in [0.4, 0.5) is 6.01 Å². The van der Waals surface area contributed by atoms with E-state index in [9.17, 15) is 0 Å². The molecule has 90 valence electrons. The Bertz CT molecular complexity index is 530. The molecule has 5 nitrogen and oxygen atoms in total. The summed E-state index contributed by atoms with van der Waals surface area (Å²) in [7, 11) is 0. The molecule has 0 unspecified atom stereocenters. The van der Waals surface area contributed by atoms with Crippen molar-refractivity contribution in [1.82, 2.24) is 10.2 Å². The van der Waals surface area contributed by atoms with Crippen molar-refractivity contribution in [2.75, 3.05) is 5.73 Å². The summed E-state index contributed by atoms with van der Waals surface area (Å²) in [5.74, 6) is 0.772. The fourth-order valence-electron chi connectivity index (χ4n) is 1.22. The molecule has 0 aliphatic heterocycles. The first-order chi connectivity index (χ1) is 8.06. The largest absolute Gasteiger partial charge is 0.479 e. The number of rotatable bonds is 3. The zero-order valence-electron chi connectivity index (χ0n) is 8.85. The molecule has 0 spiro atoms. The Balaban J connectivity index is 2.15. The summed E-state index contributed by atoms with van der Waals surface area (Å²) in [4.78, 5) is 0. The lowest BCUT2D eigenvalue weighted by atomic mass is 10.3. The van der Waals surface area contributed by atoms with E-state index in [1.165, 1.54) is 0 Å². The van der Waals surface area contributed by atoms with Crippen LogP contribution in [0.2, 0.25) is 10.0 Å². The Morgan fingerprint density at radius 1 is 1.35 bits per heavy atom. The standard InChI is InChI=1S/C10H9Cl2N3O2/c1-5(9-14-15-10(13)17-9)16-8-3-2-6(11)4-7(8)12/h2-5H,1H3,(H2,13,15)/t5-/m0/s1. The van der Waals surface area contributed by atoms with Gasteiger partial charge in [-0.15, -0.1) is 5.10 Å². The van der Waals surface area contributed by atoms with E-state index in [1.54, 1.807) is 25.1 Å². The predicted octanol–water partition coefficient (Wildman–Crippen LogP) is 3.10. The molecule has 0 aliphatic carbocycles. The molecule has 0 saturated heterocycles. The van der Waals surface area contributed by atoms with Gasteiger partial charge in [-0.05, 0) is 25.1 Å². The Morgan fingerprint density at radius 3 is 2.71 bits per heavy atom. The van der Waals surface area contributed by atoms with Gasteiger partial charge in [0.15, 0.2) is 6.10 Å². The number of halogens is 2. The van der Waals surface area contributed by atoms with Gasteiger partial charge in [-0.25, -0.2) is 0 Å². The van der Waals surface area contributed by atoms with Crippen molar-refractivity contribution in [1.29, 1.82) is 0 Å². The van der Waals surface area contributed by atoms with Crippen LogP contribution in [0.25, 0.3) is 0 Å². The van der Waals surface area contributed by atoms with Crippen LogP contribution in [-0.2, 0) is 0 Å². The number of aromatic nitrogens is 2. The molecular formula is C10H9Cl2N3O2. The quantitative estimate of drug-likeness (QED) is 0.930. The van der Waals surface area contributed by atoms with Crippen LogP contribution in [0.1, 0.15) is 18.9 Å². The van der Waals surface area contributed by atoms with Crippen LogP contribution >= 0.6 is 23.2 Å². The minimum Gasteiger partial charge on any atom is -0.479 e. The molecule has 1 atom stereocenters. The Labute approximate surface area is 107 Å². The molecule has 1 aromatic heterocycles. The van der Waals surface area contributed by atoms with E-state index in [0.717, 1.165) is 0 Å². The first kappa shape index (κ1) is 12.0. The smallest absolute Gasteiger partial charge is 0.312 e. The molecule has 2 aromatic rings. The van der Waals surface area contributed by atoms with Crippen LogP contribution in [0.3, 0.4) is 0 Å². The van der Waals surface area contributed by atoms with Gasteiger partial charge in [-0.3, -0.25) is 0 Å². The number of anilines is 1. The molecule has 17 heavy (non-hydrogen) atoms. The van der Waals surface area contributed by atoms with Crippen molar-refractivity contribution >= 4 is 29.2 Å². The summed E-state index contributed by atoms with van der Waals surface area (Å²) in [6.07, 6.45) is -0.446. The summed E-state index contributed by atoms with van der Waals surface area (Å²) in [5, 5.41) is 8.22. The first-order valence-electron chi connectivity index (χ1n) is 4.77. The van der Waals surface area contributed by atoms with Crippen molar-refractivity contribution in [3.8, 4) is 5.75 Å². The van der Waals surface area contributed by atoms with Gasteiger partial charge in [0.25, 0.3) is 5.89 Å². The van der Waals surface area contributed by atoms with E-state index in [4.69, 9.17) is 38.1 Å². The zero-order valence-corrected chi connectivity index (χ0v) is 10.4. The van der Waals surface area contributed by atoms with Crippen LogP contribution in [0.15, 0.2) is 22.6 Å². The minimum atomic E-state index is -0.446. The maximum Gasteiger partial charge on any atom is 0.312 e. The van der Waals surface area contributed by atoms with Crippen LogP contribution in [0.5, 0.6) is 5.75 Å². The topological polar surface area (TPSA) is 74.2 Å². The first-order valence-corrected chi connectivity index (χ1v) is 5.52. The second-order valence-corrected chi connectivity index (χ2v) is 4.16. The van der Waals surface area contributed by atoms with Crippen molar-refractivity contribution in [3.05, 3.63) is 34.1 Å². The maximum absolute atomic E-state index is 5.97. The number of benzene rings is 1. The number of nitrogens with two attached hydrogens (primary N) is 1. The third-order valence-corrected chi connectivity index (χ3v) is 2.53. The summed E-state index contributed by atoms with van der Waals surface area (Å²) in [5.41, 5.74) is 5.32. The van der Waals surface area contributed by atoms with Gasteiger partial charge in [-0.2, -0.15) is 0 Å². The molecule has 1 heterocycles. The van der Waals surface area contributed by atoms with Gasteiger partial charge in [0.1, 0.15) is 5.75 Å². The second-order valence-electron chi connectivity index (χ2n) is 3.31. The molecule has 0 saturated carbocycles. The van der Waals surface area contributed by atoms with Crippen molar-refractivity contribution < 1.29 is 9.15 Å². The van der Waals surface area contributed by atoms with E-state index in [2.05, 4.69) is 10.2 Å². The van der Waals surface area contributed by atoms with E-state index < -0.39 is 6.10 Å². The van der Waals surface area contributed by atoms with Crippen molar-refractivity contribution in [2.45, 2.75) is 13.0 Å². The van der Waals surface area contributed by atoms with Crippen LogP contribution < -0.4 is 10.5 Å². The zero-order chi connectivity index (χ0) is 12.4. The summed E-state index contributed by atoms with van der Waals surface area (Å²) >= 11 is 11.7. The molecule has 7 heteroatoms. The van der Waals surface area contributed by atoms with Crippen molar-refractivity contribution in [3.63, 3.8) is 0 Å². The second kappa shape index (κ2) is 4.81. The molecule has 1 aromatic carbocycles. The fourth-order valence-corrected chi connectivity index (χ4v) is 1.68. The van der Waals surface area contributed by atoms with Gasteiger partial charge >= 0.3 is 6.01 Å². The third kappa shape index (κ3) is 2.81. The predicted molar refractivity (Wildman–Crippen MR) is 64.2 cm³/mol. The highest BCUT2D eigenvalue weighted by atomic mass is 35.5. The lowest BCUT2D eigenvalue weighted by molar-refractivity contribution is 0.190. The Morgan fingerprint density at radius 2 is 2.12 bits per heavy atom. The van der Waals surface area contributed by atoms with E-state index in [0.29, 0.717) is 15.8 Å². The Kier molecular flexibility index (Phi) is 3.40. The third-order valence-electron chi connectivity index (χ3n) is 2.00. The lowest BCUT2D eigenvalue weighted by Crippen LogP contribution is -2.03. The highest BCUT2D eigenvalue weighted by molar-refractivity contribution is 6.35. The van der Waals surface area contributed by atoms with Crippen molar-refractivity contribution in [2.24, 2.45) is 0 Å². The number of ether oxygens (including phenoxy) is 1. The molecule has 2 rings (SSSR count). The minimum absolute atomic E-state index is 0.00217. The number of hydrogen-bond donors (Lipinski definition) is 1. The van der Waals surface area contributed by atoms with Crippen LogP contribution in [0, 0.1) is 0 Å². The highest BCUT2D eigenvalue weighted by Crippen LogP contribution is 2.30. The summed E-state index contributed by atoms with van der Waals surface area (Å²) in [6.45, 7) is 1.75. The van der Waals surface area contributed by atoms with Gasteiger partial charge in [0.05, 0.1) is 5.02 Å². The van der Waals surface area contributed by atoms with Gasteiger partial charge in [0, 0.05) is 5.02 Å². The number of nitrogens with zero attached hydrogens (tertiary/aromatic N) is 2. The lowest BCUT2D eigenvalue weighted by Gasteiger charge is -2.12. The average molecular weight is 274 g/mol. The molecular weight excluding hydrogens is 265 g/mol. The molecule has 0 bridgehead atoms. The summed E-state index contributed by atoms with van der Waals surface area (Å²) < 4.78 is 10.6. The van der Waals surface area contributed by atoms with Gasteiger partial charge in [-0.1, -0.05) is 28.3 Å².